The second-order valence-electron chi connectivity index (χ2n) is 6.29. The van der Waals surface area contributed by atoms with Crippen molar-refractivity contribution in [2.24, 2.45) is 5.92 Å². The fraction of sp³-hybridized carbons (Fsp3) is 1.00. The maximum absolute atomic E-state index is 13.8. The van der Waals surface area contributed by atoms with E-state index in [2.05, 4.69) is 0 Å². The summed E-state index contributed by atoms with van der Waals surface area (Å²) in [6.45, 7) is 0.301. The van der Waals surface area contributed by atoms with E-state index in [9.17, 15) is 48.3 Å². The maximum atomic E-state index is 13.8. The zero-order valence-electron chi connectivity index (χ0n) is 13.6. The molecule has 0 nitrogen and oxygen atoms in total. The first-order valence-corrected chi connectivity index (χ1v) is 9.05. The van der Waals surface area contributed by atoms with E-state index < -0.39 is 55.0 Å². The Kier molecular flexibility index (Phi) is 8.96. The molecule has 0 saturated heterocycles. The summed E-state index contributed by atoms with van der Waals surface area (Å²) in [6.07, 6.45) is -21.5. The Hall–Kier alpha value is -0.0400. The van der Waals surface area contributed by atoms with E-state index in [0.717, 1.165) is 0 Å². The summed E-state index contributed by atoms with van der Waals surface area (Å²) in [7, 11) is 0. The molecule has 0 radical (unpaired) electrons. The van der Waals surface area contributed by atoms with Crippen molar-refractivity contribution in [2.45, 2.75) is 75.3 Å². The molecular formula is C14H18F11I. The fourth-order valence-electron chi connectivity index (χ4n) is 2.32. The first kappa shape index (κ1) is 26.0. The zero-order chi connectivity index (χ0) is 21.0. The van der Waals surface area contributed by atoms with Gasteiger partial charge in [-0.15, -0.1) is 0 Å². The van der Waals surface area contributed by atoms with Gasteiger partial charge in [-0.3, -0.25) is 0 Å². The van der Waals surface area contributed by atoms with Gasteiger partial charge in [-0.25, -0.2) is 8.78 Å². The number of alkyl halides is 12. The molecule has 0 heterocycles. The van der Waals surface area contributed by atoms with Gasteiger partial charge in [0.1, 0.15) is 0 Å². The third kappa shape index (κ3) is 6.84. The Bertz CT molecular complexity index is 408. The number of rotatable bonds is 9. The van der Waals surface area contributed by atoms with Crippen molar-refractivity contribution in [1.29, 1.82) is 0 Å². The Morgan fingerprint density at radius 1 is 0.692 bits per heavy atom. The van der Waals surface area contributed by atoms with Crippen LogP contribution in [0.2, 0.25) is 0 Å². The van der Waals surface area contributed by atoms with E-state index >= 15 is 0 Å². The van der Waals surface area contributed by atoms with Crippen LogP contribution in [0.3, 0.4) is 0 Å². The molecule has 0 aromatic carbocycles. The lowest BCUT2D eigenvalue weighted by Crippen LogP contribution is -2.54. The number of hydrogen-bond acceptors (Lipinski definition) is 0. The summed E-state index contributed by atoms with van der Waals surface area (Å²) in [6, 6.07) is 0. The van der Waals surface area contributed by atoms with Crippen LogP contribution in [-0.4, -0.2) is 34.3 Å². The van der Waals surface area contributed by atoms with E-state index in [1.54, 1.807) is 22.6 Å². The molecule has 2 unspecified atom stereocenters. The zero-order valence-corrected chi connectivity index (χ0v) is 15.7. The second-order valence-corrected chi connectivity index (χ2v) is 7.36. The van der Waals surface area contributed by atoms with E-state index in [-0.39, 0.29) is 23.7 Å². The topological polar surface area (TPSA) is 0 Å². The minimum absolute atomic E-state index is 0.137. The Morgan fingerprint density at radius 3 is 1.50 bits per heavy atom. The molecule has 0 fully saturated rings. The van der Waals surface area contributed by atoms with Gasteiger partial charge in [-0.2, -0.15) is 39.5 Å². The molecule has 0 aliphatic heterocycles. The molecule has 0 aliphatic carbocycles. The molecular weight excluding hydrogens is 504 g/mol. The van der Waals surface area contributed by atoms with E-state index in [0.29, 0.717) is 6.92 Å². The van der Waals surface area contributed by atoms with Crippen molar-refractivity contribution < 1.29 is 48.3 Å². The molecule has 0 amide bonds. The standard InChI is InChI=1S/C14H18F11I/c1-10(15,12(17,18)19)6-3-2-4-9(5-7-26)8-11(16,13(20,21)22)14(23,24)25/h9H,2-8H2,1H3. The van der Waals surface area contributed by atoms with Crippen LogP contribution in [0.15, 0.2) is 0 Å². The monoisotopic (exact) mass is 522 g/mol. The third-order valence-corrected chi connectivity index (χ3v) is 4.71. The Balaban J connectivity index is 4.95. The first-order chi connectivity index (χ1) is 11.4. The molecule has 0 rings (SSSR count). The van der Waals surface area contributed by atoms with Gasteiger partial charge >= 0.3 is 18.5 Å². The van der Waals surface area contributed by atoms with Gasteiger partial charge in [0, 0.05) is 6.42 Å². The van der Waals surface area contributed by atoms with Crippen LogP contribution < -0.4 is 0 Å². The fourth-order valence-corrected chi connectivity index (χ4v) is 3.21. The van der Waals surface area contributed by atoms with Gasteiger partial charge < -0.3 is 0 Å². The smallest absolute Gasteiger partial charge is 0.234 e. The molecule has 0 saturated carbocycles. The highest BCUT2D eigenvalue weighted by Gasteiger charge is 2.72. The average Bonchev–Trinajstić information content (AvgIpc) is 2.39. The van der Waals surface area contributed by atoms with Crippen molar-refractivity contribution in [3.8, 4) is 0 Å². The minimum Gasteiger partial charge on any atom is -0.234 e. The number of hydrogen-bond donors (Lipinski definition) is 0. The normalized spacial score (nSPS) is 17.9. The van der Waals surface area contributed by atoms with Crippen LogP contribution >= 0.6 is 22.6 Å². The minimum atomic E-state index is -6.16. The summed E-state index contributed by atoms with van der Waals surface area (Å²) < 4.78 is 140. The molecule has 0 spiro atoms. The van der Waals surface area contributed by atoms with Crippen molar-refractivity contribution >= 4 is 22.6 Å². The molecule has 26 heavy (non-hydrogen) atoms. The van der Waals surface area contributed by atoms with Gasteiger partial charge in [-0.05, 0) is 36.5 Å². The van der Waals surface area contributed by atoms with Crippen LogP contribution in [0.4, 0.5) is 48.3 Å². The van der Waals surface area contributed by atoms with Gasteiger partial charge in [0.05, 0.1) is 0 Å². The van der Waals surface area contributed by atoms with E-state index in [1.807, 2.05) is 0 Å². The molecule has 0 bridgehead atoms. The van der Waals surface area contributed by atoms with Crippen LogP contribution in [0, 0.1) is 5.92 Å². The lowest BCUT2D eigenvalue weighted by Gasteiger charge is -2.33. The molecule has 12 heteroatoms. The van der Waals surface area contributed by atoms with E-state index in [1.165, 1.54) is 0 Å². The predicted molar refractivity (Wildman–Crippen MR) is 81.6 cm³/mol. The van der Waals surface area contributed by atoms with Crippen LogP contribution in [0.25, 0.3) is 0 Å². The maximum Gasteiger partial charge on any atom is 0.431 e. The molecule has 158 valence electrons. The summed E-state index contributed by atoms with van der Waals surface area (Å²) in [5, 5.41) is 0. The van der Waals surface area contributed by atoms with Crippen molar-refractivity contribution in [3.05, 3.63) is 0 Å². The summed E-state index contributed by atoms with van der Waals surface area (Å²) in [4.78, 5) is 0. The van der Waals surface area contributed by atoms with Crippen molar-refractivity contribution in [2.75, 3.05) is 4.43 Å². The molecule has 0 N–H and O–H groups in total. The highest BCUT2D eigenvalue weighted by Crippen LogP contribution is 2.50. The van der Waals surface area contributed by atoms with Gasteiger partial charge in [0.25, 0.3) is 5.67 Å². The molecule has 0 aliphatic rings. The van der Waals surface area contributed by atoms with Crippen molar-refractivity contribution in [1.82, 2.24) is 0 Å². The second kappa shape index (κ2) is 8.97. The predicted octanol–water partition coefficient (Wildman–Crippen LogP) is 7.50. The quantitative estimate of drug-likeness (QED) is 0.127. The van der Waals surface area contributed by atoms with Gasteiger partial charge in [0.15, 0.2) is 0 Å². The Morgan fingerprint density at radius 2 is 1.15 bits per heavy atom. The van der Waals surface area contributed by atoms with Crippen LogP contribution in [-0.2, 0) is 0 Å². The Labute approximate surface area is 157 Å². The largest absolute Gasteiger partial charge is 0.431 e. The van der Waals surface area contributed by atoms with Crippen LogP contribution in [0.1, 0.15) is 45.4 Å². The SMILES string of the molecule is CC(F)(CCCCC(CCI)CC(F)(C(F)(F)F)C(F)(F)F)C(F)(F)F. The molecule has 2 atom stereocenters. The number of halogens is 12. The lowest BCUT2D eigenvalue weighted by molar-refractivity contribution is -0.346. The van der Waals surface area contributed by atoms with Crippen LogP contribution in [0.5, 0.6) is 0 Å². The number of unbranched alkanes of at least 4 members (excludes halogenated alkanes) is 1. The summed E-state index contributed by atoms with van der Waals surface area (Å²) in [5.41, 5.74) is -8.90. The summed E-state index contributed by atoms with van der Waals surface area (Å²) >= 11 is 1.69. The lowest BCUT2D eigenvalue weighted by atomic mass is 9.85. The summed E-state index contributed by atoms with van der Waals surface area (Å²) in [5.74, 6) is -1.35. The van der Waals surface area contributed by atoms with E-state index in [4.69, 9.17) is 0 Å². The molecule has 0 aromatic heterocycles. The average molecular weight is 522 g/mol. The molecule has 0 aromatic rings. The van der Waals surface area contributed by atoms with Crippen molar-refractivity contribution in [3.63, 3.8) is 0 Å². The highest BCUT2D eigenvalue weighted by atomic mass is 127. The van der Waals surface area contributed by atoms with Gasteiger partial charge in [0.2, 0.25) is 5.67 Å². The highest BCUT2D eigenvalue weighted by molar-refractivity contribution is 14.1. The third-order valence-electron chi connectivity index (χ3n) is 4.09. The van der Waals surface area contributed by atoms with Gasteiger partial charge in [-0.1, -0.05) is 35.4 Å². The first-order valence-electron chi connectivity index (χ1n) is 7.53.